The zero-order chi connectivity index (χ0) is 14.4. The minimum atomic E-state index is 0.310. The number of rotatable bonds is 7. The lowest BCUT2D eigenvalue weighted by atomic mass is 9.95. The normalized spacial score (nSPS) is 12.6. The Balaban J connectivity index is 3.20. The minimum absolute atomic E-state index is 0.310. The standard InChI is InChI=1S/C15H26N2O2/c1-11-9-12(18-4)10-14(19-5)15(11)13(17(2)3)7-6-8-16/h9-10,13H,6-8,16H2,1-5H3. The summed E-state index contributed by atoms with van der Waals surface area (Å²) in [7, 11) is 7.55. The molecule has 0 amide bonds. The van der Waals surface area contributed by atoms with Crippen molar-refractivity contribution >= 4 is 0 Å². The van der Waals surface area contributed by atoms with Crippen LogP contribution in [0.5, 0.6) is 11.5 Å². The molecule has 0 saturated carbocycles. The number of aryl methyl sites for hydroxylation is 1. The van der Waals surface area contributed by atoms with E-state index in [-0.39, 0.29) is 0 Å². The first-order valence-electron chi connectivity index (χ1n) is 6.64. The lowest BCUT2D eigenvalue weighted by Gasteiger charge is -2.28. The van der Waals surface area contributed by atoms with Crippen LogP contribution >= 0.6 is 0 Å². The quantitative estimate of drug-likeness (QED) is 0.823. The molecular weight excluding hydrogens is 240 g/mol. The molecule has 0 aliphatic heterocycles. The van der Waals surface area contributed by atoms with Gasteiger partial charge in [-0.3, -0.25) is 0 Å². The molecule has 1 atom stereocenters. The Morgan fingerprint density at radius 2 is 1.89 bits per heavy atom. The van der Waals surface area contributed by atoms with Gasteiger partial charge >= 0.3 is 0 Å². The van der Waals surface area contributed by atoms with Crippen molar-refractivity contribution in [2.75, 3.05) is 34.9 Å². The van der Waals surface area contributed by atoms with Crippen LogP contribution in [-0.2, 0) is 0 Å². The maximum absolute atomic E-state index is 5.64. The number of benzene rings is 1. The van der Waals surface area contributed by atoms with E-state index in [4.69, 9.17) is 15.2 Å². The fourth-order valence-corrected chi connectivity index (χ4v) is 2.42. The van der Waals surface area contributed by atoms with E-state index in [2.05, 4.69) is 32.0 Å². The number of hydrogen-bond donors (Lipinski definition) is 1. The zero-order valence-electron chi connectivity index (χ0n) is 12.7. The number of nitrogens with zero attached hydrogens (tertiary/aromatic N) is 1. The third-order valence-corrected chi connectivity index (χ3v) is 3.42. The van der Waals surface area contributed by atoms with Crippen LogP contribution in [0.15, 0.2) is 12.1 Å². The Morgan fingerprint density at radius 3 is 2.37 bits per heavy atom. The minimum Gasteiger partial charge on any atom is -0.497 e. The second kappa shape index (κ2) is 7.36. The number of ether oxygens (including phenoxy) is 2. The molecule has 0 saturated heterocycles. The van der Waals surface area contributed by atoms with E-state index in [1.54, 1.807) is 14.2 Å². The molecule has 108 valence electrons. The lowest BCUT2D eigenvalue weighted by Crippen LogP contribution is -2.22. The van der Waals surface area contributed by atoms with Crippen molar-refractivity contribution in [3.05, 3.63) is 23.3 Å². The van der Waals surface area contributed by atoms with Crippen LogP contribution in [0, 0.1) is 6.92 Å². The van der Waals surface area contributed by atoms with Crippen molar-refractivity contribution in [1.29, 1.82) is 0 Å². The SMILES string of the molecule is COc1cc(C)c(C(CCCN)N(C)C)c(OC)c1. The molecule has 1 unspecified atom stereocenters. The summed E-state index contributed by atoms with van der Waals surface area (Å²) < 4.78 is 10.8. The van der Waals surface area contributed by atoms with Gasteiger partial charge in [-0.2, -0.15) is 0 Å². The van der Waals surface area contributed by atoms with Crippen molar-refractivity contribution < 1.29 is 9.47 Å². The van der Waals surface area contributed by atoms with E-state index in [9.17, 15) is 0 Å². The van der Waals surface area contributed by atoms with Gasteiger partial charge in [0.05, 0.1) is 14.2 Å². The number of methoxy groups -OCH3 is 2. The fourth-order valence-electron chi connectivity index (χ4n) is 2.42. The predicted octanol–water partition coefficient (Wildman–Crippen LogP) is 2.35. The van der Waals surface area contributed by atoms with E-state index >= 15 is 0 Å². The van der Waals surface area contributed by atoms with Crippen LogP contribution in [-0.4, -0.2) is 39.8 Å². The average molecular weight is 266 g/mol. The molecule has 0 spiro atoms. The predicted molar refractivity (Wildman–Crippen MR) is 79.0 cm³/mol. The largest absolute Gasteiger partial charge is 0.497 e. The molecule has 0 radical (unpaired) electrons. The van der Waals surface area contributed by atoms with E-state index in [0.717, 1.165) is 24.3 Å². The van der Waals surface area contributed by atoms with E-state index in [1.807, 2.05) is 6.07 Å². The van der Waals surface area contributed by atoms with Crippen molar-refractivity contribution in [2.24, 2.45) is 5.73 Å². The Labute approximate surface area is 116 Å². The van der Waals surface area contributed by atoms with Crippen molar-refractivity contribution in [3.63, 3.8) is 0 Å². The highest BCUT2D eigenvalue weighted by atomic mass is 16.5. The van der Waals surface area contributed by atoms with E-state index in [0.29, 0.717) is 12.6 Å². The maximum Gasteiger partial charge on any atom is 0.127 e. The smallest absolute Gasteiger partial charge is 0.127 e. The molecule has 0 fully saturated rings. The summed E-state index contributed by atoms with van der Waals surface area (Å²) in [6.45, 7) is 2.81. The van der Waals surface area contributed by atoms with Gasteiger partial charge in [0.2, 0.25) is 0 Å². The second-order valence-corrected chi connectivity index (χ2v) is 4.97. The van der Waals surface area contributed by atoms with Gasteiger partial charge in [-0.15, -0.1) is 0 Å². The average Bonchev–Trinajstić information content (AvgIpc) is 2.39. The molecule has 0 heterocycles. The van der Waals surface area contributed by atoms with Crippen LogP contribution in [0.25, 0.3) is 0 Å². The van der Waals surface area contributed by atoms with Crippen LogP contribution in [0.4, 0.5) is 0 Å². The van der Waals surface area contributed by atoms with Crippen LogP contribution < -0.4 is 15.2 Å². The van der Waals surface area contributed by atoms with Gasteiger partial charge in [0.1, 0.15) is 11.5 Å². The molecule has 0 aromatic heterocycles. The van der Waals surface area contributed by atoms with Gasteiger partial charge in [0, 0.05) is 17.7 Å². The molecular formula is C15H26N2O2. The molecule has 1 rings (SSSR count). The Morgan fingerprint density at radius 1 is 1.21 bits per heavy atom. The highest BCUT2D eigenvalue weighted by Gasteiger charge is 2.21. The summed E-state index contributed by atoms with van der Waals surface area (Å²) in [6.07, 6.45) is 2.02. The summed E-state index contributed by atoms with van der Waals surface area (Å²) in [5, 5.41) is 0. The van der Waals surface area contributed by atoms with Crippen molar-refractivity contribution in [2.45, 2.75) is 25.8 Å². The van der Waals surface area contributed by atoms with Gasteiger partial charge in [-0.1, -0.05) is 0 Å². The second-order valence-electron chi connectivity index (χ2n) is 4.97. The Hall–Kier alpha value is -1.26. The highest BCUT2D eigenvalue weighted by molar-refractivity contribution is 5.48. The molecule has 4 heteroatoms. The van der Waals surface area contributed by atoms with Gasteiger partial charge in [-0.05, 0) is 52.0 Å². The van der Waals surface area contributed by atoms with Crippen LogP contribution in [0.2, 0.25) is 0 Å². The topological polar surface area (TPSA) is 47.7 Å². The number of nitrogens with two attached hydrogens (primary N) is 1. The summed E-state index contributed by atoms with van der Waals surface area (Å²) in [5.74, 6) is 1.71. The molecule has 2 N–H and O–H groups in total. The first-order valence-corrected chi connectivity index (χ1v) is 6.64. The van der Waals surface area contributed by atoms with Crippen LogP contribution in [0.1, 0.15) is 30.0 Å². The van der Waals surface area contributed by atoms with E-state index in [1.165, 1.54) is 11.1 Å². The van der Waals surface area contributed by atoms with Crippen molar-refractivity contribution in [1.82, 2.24) is 4.90 Å². The third-order valence-electron chi connectivity index (χ3n) is 3.42. The molecule has 4 nitrogen and oxygen atoms in total. The monoisotopic (exact) mass is 266 g/mol. The Bertz CT molecular complexity index is 405. The molecule has 0 aliphatic carbocycles. The van der Waals surface area contributed by atoms with Gasteiger partial charge in [0.25, 0.3) is 0 Å². The fraction of sp³-hybridized carbons (Fsp3) is 0.600. The first-order chi connectivity index (χ1) is 9.04. The molecule has 1 aromatic rings. The highest BCUT2D eigenvalue weighted by Crippen LogP contribution is 2.37. The maximum atomic E-state index is 5.64. The van der Waals surface area contributed by atoms with Crippen LogP contribution in [0.3, 0.4) is 0 Å². The first kappa shape index (κ1) is 15.8. The summed E-state index contributed by atoms with van der Waals surface area (Å²) >= 11 is 0. The van der Waals surface area contributed by atoms with Gasteiger partial charge in [0.15, 0.2) is 0 Å². The van der Waals surface area contributed by atoms with Gasteiger partial charge in [-0.25, -0.2) is 0 Å². The van der Waals surface area contributed by atoms with Crippen molar-refractivity contribution in [3.8, 4) is 11.5 Å². The number of hydrogen-bond acceptors (Lipinski definition) is 4. The van der Waals surface area contributed by atoms with Gasteiger partial charge < -0.3 is 20.1 Å². The summed E-state index contributed by atoms with van der Waals surface area (Å²) in [5.41, 5.74) is 8.05. The third kappa shape index (κ3) is 3.85. The summed E-state index contributed by atoms with van der Waals surface area (Å²) in [6, 6.07) is 4.31. The van der Waals surface area contributed by atoms with E-state index < -0.39 is 0 Å². The zero-order valence-corrected chi connectivity index (χ0v) is 12.7. The Kier molecular flexibility index (Phi) is 6.12. The molecule has 1 aromatic carbocycles. The summed E-state index contributed by atoms with van der Waals surface area (Å²) in [4.78, 5) is 2.22. The molecule has 19 heavy (non-hydrogen) atoms. The molecule has 0 aliphatic rings. The lowest BCUT2D eigenvalue weighted by molar-refractivity contribution is 0.269. The molecule has 0 bridgehead atoms.